The minimum atomic E-state index is -0.1000. The molecule has 0 atom stereocenters. The molecule has 1 N–H and O–H groups in total. The second kappa shape index (κ2) is 9.73. The maximum atomic E-state index is 12.7. The van der Waals surface area contributed by atoms with Crippen LogP contribution in [0.4, 0.5) is 10.5 Å². The second-order valence-electron chi connectivity index (χ2n) is 7.85. The topological polar surface area (TPSA) is 53.4 Å². The fourth-order valence-corrected chi connectivity index (χ4v) is 3.92. The molecular weight excluding hydrogens is 350 g/mol. The van der Waals surface area contributed by atoms with Crippen molar-refractivity contribution in [2.75, 3.05) is 19.4 Å². The average Bonchev–Trinajstić information content (AvgIpc) is 3.17. The number of carbonyl (C=O) groups is 1. The quantitative estimate of drug-likeness (QED) is 0.774. The number of hydrogen-bond acceptors (Lipinski definition) is 3. The van der Waals surface area contributed by atoms with Gasteiger partial charge in [0, 0.05) is 43.6 Å². The van der Waals surface area contributed by atoms with Crippen molar-refractivity contribution in [1.82, 2.24) is 19.6 Å². The second-order valence-corrected chi connectivity index (χ2v) is 7.85. The van der Waals surface area contributed by atoms with Gasteiger partial charge in [-0.25, -0.2) is 4.79 Å². The largest absolute Gasteiger partial charge is 0.323 e. The Labute approximate surface area is 168 Å². The van der Waals surface area contributed by atoms with Crippen molar-refractivity contribution in [1.29, 1.82) is 0 Å². The Kier molecular flexibility index (Phi) is 7.09. The van der Waals surface area contributed by atoms with E-state index in [4.69, 9.17) is 0 Å². The summed E-state index contributed by atoms with van der Waals surface area (Å²) in [5, 5.41) is 7.37. The van der Waals surface area contributed by atoms with E-state index in [1.54, 1.807) is 4.90 Å². The lowest BCUT2D eigenvalue weighted by Gasteiger charge is -2.31. The lowest BCUT2D eigenvalue weighted by atomic mass is 9.94. The molecule has 0 bridgehead atoms. The molecule has 1 aromatic heterocycles. The predicted octanol–water partition coefficient (Wildman–Crippen LogP) is 4.33. The Morgan fingerprint density at radius 1 is 1.18 bits per heavy atom. The van der Waals surface area contributed by atoms with Gasteiger partial charge >= 0.3 is 6.03 Å². The fraction of sp³-hybridized carbons (Fsp3) is 0.545. The zero-order chi connectivity index (χ0) is 19.9. The number of aryl methyl sites for hydroxylation is 1. The van der Waals surface area contributed by atoms with Crippen LogP contribution in [-0.4, -0.2) is 45.7 Å². The van der Waals surface area contributed by atoms with E-state index in [0.717, 1.165) is 29.9 Å². The summed E-state index contributed by atoms with van der Waals surface area (Å²) in [5.74, 6) is 0. The van der Waals surface area contributed by atoms with Crippen molar-refractivity contribution in [3.63, 3.8) is 0 Å². The molecule has 0 aliphatic heterocycles. The molecule has 6 nitrogen and oxygen atoms in total. The van der Waals surface area contributed by atoms with Gasteiger partial charge in [0.1, 0.15) is 0 Å². The van der Waals surface area contributed by atoms with Gasteiger partial charge in [-0.15, -0.1) is 0 Å². The molecule has 1 saturated carbocycles. The van der Waals surface area contributed by atoms with Crippen molar-refractivity contribution >= 4 is 11.7 Å². The third kappa shape index (κ3) is 5.35. The van der Waals surface area contributed by atoms with Gasteiger partial charge in [0.25, 0.3) is 0 Å². The van der Waals surface area contributed by atoms with E-state index in [1.165, 1.54) is 32.1 Å². The molecule has 0 spiro atoms. The Balaban J connectivity index is 1.60. The molecule has 2 amide bonds. The van der Waals surface area contributed by atoms with Crippen LogP contribution >= 0.6 is 0 Å². The Hall–Kier alpha value is -2.34. The molecule has 152 valence electrons. The Bertz CT molecular complexity index is 766. The molecule has 1 aliphatic carbocycles. The number of aromatic nitrogens is 2. The molecule has 1 aromatic carbocycles. The van der Waals surface area contributed by atoms with Gasteiger partial charge in [-0.2, -0.15) is 5.10 Å². The molecule has 28 heavy (non-hydrogen) atoms. The van der Waals surface area contributed by atoms with Gasteiger partial charge < -0.3 is 10.2 Å². The third-order valence-electron chi connectivity index (χ3n) is 5.65. The maximum Gasteiger partial charge on any atom is 0.321 e. The summed E-state index contributed by atoms with van der Waals surface area (Å²) in [5.41, 5.74) is 3.09. The van der Waals surface area contributed by atoms with E-state index < -0.39 is 0 Å². The van der Waals surface area contributed by atoms with Gasteiger partial charge in [-0.05, 0) is 38.4 Å². The van der Waals surface area contributed by atoms with Gasteiger partial charge in [0.05, 0.1) is 12.7 Å². The molecular formula is C22H33N5O. The van der Waals surface area contributed by atoms with Crippen LogP contribution < -0.4 is 5.32 Å². The number of urea groups is 1. The number of rotatable bonds is 7. The summed E-state index contributed by atoms with van der Waals surface area (Å²) in [4.78, 5) is 16.8. The highest BCUT2D eigenvalue weighted by molar-refractivity contribution is 5.89. The Morgan fingerprint density at radius 2 is 1.93 bits per heavy atom. The number of nitrogens with zero attached hydrogens (tertiary/aromatic N) is 4. The molecule has 6 heteroatoms. The van der Waals surface area contributed by atoms with E-state index >= 15 is 0 Å². The SMILES string of the molecule is CCn1cc(CN(C)C(=O)Nc2ccccc2CN(C)C2CCCCC2)cn1. The van der Waals surface area contributed by atoms with E-state index in [1.807, 2.05) is 42.3 Å². The summed E-state index contributed by atoms with van der Waals surface area (Å²) in [6, 6.07) is 8.67. The van der Waals surface area contributed by atoms with E-state index in [9.17, 15) is 4.79 Å². The van der Waals surface area contributed by atoms with Crippen LogP contribution in [0.2, 0.25) is 0 Å². The van der Waals surface area contributed by atoms with Crippen molar-refractivity contribution < 1.29 is 4.79 Å². The highest BCUT2D eigenvalue weighted by Crippen LogP contribution is 2.25. The summed E-state index contributed by atoms with van der Waals surface area (Å²) in [6.45, 7) is 4.27. The van der Waals surface area contributed by atoms with Gasteiger partial charge in [-0.1, -0.05) is 37.5 Å². The number of benzene rings is 1. The summed E-state index contributed by atoms with van der Waals surface area (Å²) < 4.78 is 1.87. The molecule has 0 radical (unpaired) electrons. The lowest BCUT2D eigenvalue weighted by Crippen LogP contribution is -2.34. The average molecular weight is 384 g/mol. The number of hydrogen-bond donors (Lipinski definition) is 1. The van der Waals surface area contributed by atoms with Crippen LogP contribution in [0, 0.1) is 0 Å². The fourth-order valence-electron chi connectivity index (χ4n) is 3.92. The first kappa shape index (κ1) is 20.4. The zero-order valence-electron chi connectivity index (χ0n) is 17.4. The minimum absolute atomic E-state index is 0.1000. The normalized spacial score (nSPS) is 15.0. The maximum absolute atomic E-state index is 12.7. The van der Waals surface area contributed by atoms with Crippen LogP contribution in [0.1, 0.15) is 50.2 Å². The van der Waals surface area contributed by atoms with E-state index in [2.05, 4.69) is 35.4 Å². The molecule has 1 aliphatic rings. The Morgan fingerprint density at radius 3 is 2.64 bits per heavy atom. The van der Waals surface area contributed by atoms with Crippen LogP contribution in [0.15, 0.2) is 36.7 Å². The summed E-state index contributed by atoms with van der Waals surface area (Å²) >= 11 is 0. The smallest absolute Gasteiger partial charge is 0.321 e. The van der Waals surface area contributed by atoms with Crippen molar-refractivity contribution in [2.24, 2.45) is 0 Å². The standard InChI is InChI=1S/C22H33N5O/c1-4-27-16-18(14-23-27)15-26(3)22(28)24-21-13-9-8-10-19(21)17-25(2)20-11-6-5-7-12-20/h8-10,13-14,16,20H,4-7,11-12,15,17H2,1-3H3,(H,24,28). The van der Waals surface area contributed by atoms with Crippen LogP contribution in [-0.2, 0) is 19.6 Å². The first-order valence-corrected chi connectivity index (χ1v) is 10.4. The van der Waals surface area contributed by atoms with Crippen LogP contribution in [0.5, 0.6) is 0 Å². The minimum Gasteiger partial charge on any atom is -0.323 e. The van der Waals surface area contributed by atoms with E-state index in [-0.39, 0.29) is 6.03 Å². The van der Waals surface area contributed by atoms with Gasteiger partial charge in [0.2, 0.25) is 0 Å². The lowest BCUT2D eigenvalue weighted by molar-refractivity contribution is 0.185. The predicted molar refractivity (Wildman–Crippen MR) is 113 cm³/mol. The molecule has 3 rings (SSSR count). The first-order chi connectivity index (χ1) is 13.6. The van der Waals surface area contributed by atoms with Crippen LogP contribution in [0.3, 0.4) is 0 Å². The highest BCUT2D eigenvalue weighted by atomic mass is 16.2. The summed E-state index contributed by atoms with van der Waals surface area (Å²) in [6.07, 6.45) is 10.4. The number of para-hydroxylation sites is 1. The van der Waals surface area contributed by atoms with Crippen molar-refractivity contribution in [2.45, 2.75) is 64.7 Å². The molecule has 0 saturated heterocycles. The first-order valence-electron chi connectivity index (χ1n) is 10.4. The molecule has 1 heterocycles. The molecule has 2 aromatic rings. The monoisotopic (exact) mass is 383 g/mol. The zero-order valence-corrected chi connectivity index (χ0v) is 17.4. The van der Waals surface area contributed by atoms with Gasteiger partial charge in [0.15, 0.2) is 0 Å². The van der Waals surface area contributed by atoms with Crippen molar-refractivity contribution in [3.8, 4) is 0 Å². The molecule has 1 fully saturated rings. The number of nitrogens with one attached hydrogen (secondary N) is 1. The van der Waals surface area contributed by atoms with E-state index in [0.29, 0.717) is 12.6 Å². The molecule has 0 unspecified atom stereocenters. The summed E-state index contributed by atoms with van der Waals surface area (Å²) in [7, 11) is 4.02. The highest BCUT2D eigenvalue weighted by Gasteiger charge is 2.19. The van der Waals surface area contributed by atoms with Crippen LogP contribution in [0.25, 0.3) is 0 Å². The van der Waals surface area contributed by atoms with Crippen molar-refractivity contribution in [3.05, 3.63) is 47.8 Å². The number of amides is 2. The number of carbonyl (C=O) groups excluding carboxylic acids is 1. The number of anilines is 1. The van der Waals surface area contributed by atoms with Gasteiger partial charge in [-0.3, -0.25) is 9.58 Å². The third-order valence-corrected chi connectivity index (χ3v) is 5.65.